The number of rotatable bonds is 2. The Morgan fingerprint density at radius 1 is 1.14 bits per heavy atom. The van der Waals surface area contributed by atoms with Crippen molar-refractivity contribution < 1.29 is 5.11 Å². The largest absolute Gasteiger partial charge is 0.388 e. The van der Waals surface area contributed by atoms with Gasteiger partial charge in [-0.1, -0.05) is 0 Å². The minimum Gasteiger partial charge on any atom is -0.388 e. The van der Waals surface area contributed by atoms with Crippen LogP contribution in [0.2, 0.25) is 0 Å². The molecule has 1 aliphatic carbocycles. The lowest BCUT2D eigenvalue weighted by molar-refractivity contribution is 0.160. The Kier molecular flexibility index (Phi) is 3.13. The van der Waals surface area contributed by atoms with E-state index in [1.165, 1.54) is 0 Å². The minimum atomic E-state index is -0.320. The van der Waals surface area contributed by atoms with E-state index >= 15 is 0 Å². The zero-order valence-electron chi connectivity index (χ0n) is 11.6. The van der Waals surface area contributed by atoms with Crippen molar-refractivity contribution >= 4 is 11.3 Å². The normalized spacial score (nSPS) is 17.7. The number of thiazole rings is 1. The van der Waals surface area contributed by atoms with Gasteiger partial charge in [0.05, 0.1) is 16.7 Å². The second-order valence-electron chi connectivity index (χ2n) is 5.38. The number of benzene rings is 1. The molecular formula is C17H16N2OS. The van der Waals surface area contributed by atoms with Crippen molar-refractivity contribution in [2.24, 2.45) is 0 Å². The van der Waals surface area contributed by atoms with E-state index in [2.05, 4.69) is 28.8 Å². The maximum Gasteiger partial charge on any atom is 0.123 e. The van der Waals surface area contributed by atoms with E-state index in [-0.39, 0.29) is 6.10 Å². The molecule has 1 N–H and O–H groups in total. The molecule has 3 aromatic rings. The molecule has 2 heterocycles. The molecule has 0 fully saturated rings. The monoisotopic (exact) mass is 296 g/mol. The van der Waals surface area contributed by atoms with Crippen LogP contribution < -0.4 is 0 Å². The molecule has 1 atom stereocenters. The minimum absolute atomic E-state index is 0.320. The number of fused-ring (bicyclic) bond motifs is 1. The number of hydrogen-bond acceptors (Lipinski definition) is 3. The molecule has 0 saturated heterocycles. The fourth-order valence-electron chi connectivity index (χ4n) is 2.80. The highest BCUT2D eigenvalue weighted by atomic mass is 32.1. The van der Waals surface area contributed by atoms with Crippen LogP contribution in [-0.4, -0.2) is 14.7 Å². The summed E-state index contributed by atoms with van der Waals surface area (Å²) in [6.45, 7) is 0. The molecule has 0 spiro atoms. The van der Waals surface area contributed by atoms with Crippen LogP contribution in [0.4, 0.5) is 0 Å². The molecule has 0 radical (unpaired) electrons. The van der Waals surface area contributed by atoms with Crippen LogP contribution in [0.1, 0.15) is 29.5 Å². The molecule has 4 heteroatoms. The maximum absolute atomic E-state index is 10.1. The van der Waals surface area contributed by atoms with Crippen molar-refractivity contribution in [2.75, 3.05) is 0 Å². The van der Waals surface area contributed by atoms with E-state index in [0.29, 0.717) is 0 Å². The van der Waals surface area contributed by atoms with Gasteiger partial charge in [-0.05, 0) is 55.7 Å². The van der Waals surface area contributed by atoms with Gasteiger partial charge in [-0.15, -0.1) is 11.3 Å². The fraction of sp³-hybridized carbons (Fsp3) is 0.235. The van der Waals surface area contributed by atoms with E-state index < -0.39 is 0 Å². The van der Waals surface area contributed by atoms with Crippen LogP contribution in [0.3, 0.4) is 0 Å². The third-order valence-electron chi connectivity index (χ3n) is 3.94. The highest BCUT2D eigenvalue weighted by molar-refractivity contribution is 7.15. The molecule has 21 heavy (non-hydrogen) atoms. The van der Waals surface area contributed by atoms with Crippen molar-refractivity contribution in [3.63, 3.8) is 0 Å². The average Bonchev–Trinajstić information content (AvgIpc) is 3.18. The summed E-state index contributed by atoms with van der Waals surface area (Å²) in [5.41, 5.74) is 3.35. The average molecular weight is 296 g/mol. The van der Waals surface area contributed by atoms with Crippen LogP contribution in [0, 0.1) is 0 Å². The zero-order chi connectivity index (χ0) is 14.2. The first-order chi connectivity index (χ1) is 10.3. The summed E-state index contributed by atoms with van der Waals surface area (Å²) >= 11 is 1.63. The molecule has 0 saturated carbocycles. The molecule has 1 unspecified atom stereocenters. The summed E-state index contributed by atoms with van der Waals surface area (Å²) in [5.74, 6) is 0. The molecule has 1 aliphatic rings. The summed E-state index contributed by atoms with van der Waals surface area (Å²) in [6.07, 6.45) is 6.63. The second-order valence-corrected chi connectivity index (χ2v) is 6.41. The molecule has 1 aromatic carbocycles. The van der Waals surface area contributed by atoms with E-state index in [1.807, 2.05) is 24.5 Å². The number of aliphatic hydroxyl groups excluding tert-OH is 1. The van der Waals surface area contributed by atoms with Gasteiger partial charge in [-0.2, -0.15) is 0 Å². The summed E-state index contributed by atoms with van der Waals surface area (Å²) < 4.78 is 2.08. The van der Waals surface area contributed by atoms with Crippen molar-refractivity contribution in [2.45, 2.75) is 25.4 Å². The molecule has 3 nitrogen and oxygen atoms in total. The van der Waals surface area contributed by atoms with Crippen molar-refractivity contribution in [3.8, 4) is 16.3 Å². The van der Waals surface area contributed by atoms with Crippen molar-refractivity contribution in [1.82, 2.24) is 9.55 Å². The predicted octanol–water partition coefficient (Wildman–Crippen LogP) is 3.97. The van der Waals surface area contributed by atoms with Gasteiger partial charge in [0.25, 0.3) is 0 Å². The standard InChI is InChI=1S/C17H16N2OS/c20-15-5-3-4-14-16(15)21-17(18-14)12-6-8-13(9-7-12)19-10-1-2-11-19/h1-2,6-11,15,20H,3-5H2. The molecule has 2 aromatic heterocycles. The second kappa shape index (κ2) is 5.13. The van der Waals surface area contributed by atoms with E-state index in [0.717, 1.165) is 46.1 Å². The van der Waals surface area contributed by atoms with Gasteiger partial charge in [0, 0.05) is 23.6 Å². The van der Waals surface area contributed by atoms with Gasteiger partial charge < -0.3 is 9.67 Å². The number of hydrogen-bond donors (Lipinski definition) is 1. The lowest BCUT2D eigenvalue weighted by Gasteiger charge is -2.14. The Hall–Kier alpha value is -1.91. The Morgan fingerprint density at radius 3 is 2.62 bits per heavy atom. The Morgan fingerprint density at radius 2 is 1.90 bits per heavy atom. The Bertz CT molecular complexity index is 744. The third-order valence-corrected chi connectivity index (χ3v) is 5.19. The summed E-state index contributed by atoms with van der Waals surface area (Å²) in [6, 6.07) is 12.4. The third kappa shape index (κ3) is 2.30. The van der Waals surface area contributed by atoms with Crippen LogP contribution in [0.15, 0.2) is 48.8 Å². The van der Waals surface area contributed by atoms with Gasteiger partial charge in [0.15, 0.2) is 0 Å². The molecular weight excluding hydrogens is 280 g/mol. The first-order valence-corrected chi connectivity index (χ1v) is 8.04. The van der Waals surface area contributed by atoms with Gasteiger partial charge >= 0.3 is 0 Å². The van der Waals surface area contributed by atoms with Crippen molar-refractivity contribution in [3.05, 3.63) is 59.4 Å². The summed E-state index contributed by atoms with van der Waals surface area (Å²) in [4.78, 5) is 5.78. The Balaban J connectivity index is 1.68. The van der Waals surface area contributed by atoms with Crippen LogP contribution >= 0.6 is 11.3 Å². The molecule has 106 valence electrons. The van der Waals surface area contributed by atoms with Gasteiger partial charge in [0.2, 0.25) is 0 Å². The Labute approximate surface area is 127 Å². The lowest BCUT2D eigenvalue weighted by Crippen LogP contribution is -2.06. The number of aromatic nitrogens is 2. The molecule has 0 amide bonds. The number of nitrogens with zero attached hydrogens (tertiary/aromatic N) is 2. The van der Waals surface area contributed by atoms with E-state index in [9.17, 15) is 5.11 Å². The number of aliphatic hydroxyl groups is 1. The first kappa shape index (κ1) is 12.8. The molecule has 4 rings (SSSR count). The van der Waals surface area contributed by atoms with E-state index in [4.69, 9.17) is 4.98 Å². The lowest BCUT2D eigenvalue weighted by atomic mass is 10.0. The fourth-order valence-corrected chi connectivity index (χ4v) is 3.94. The van der Waals surface area contributed by atoms with Gasteiger partial charge in [-0.3, -0.25) is 0 Å². The number of aryl methyl sites for hydroxylation is 1. The van der Waals surface area contributed by atoms with Crippen LogP contribution in [-0.2, 0) is 6.42 Å². The van der Waals surface area contributed by atoms with Gasteiger partial charge in [0.1, 0.15) is 5.01 Å². The van der Waals surface area contributed by atoms with Crippen molar-refractivity contribution in [1.29, 1.82) is 0 Å². The molecule has 0 bridgehead atoms. The SMILES string of the molecule is OC1CCCc2nc(-c3ccc(-n4cccc4)cc3)sc21. The predicted molar refractivity (Wildman–Crippen MR) is 84.8 cm³/mol. The first-order valence-electron chi connectivity index (χ1n) is 7.23. The quantitative estimate of drug-likeness (QED) is 0.777. The smallest absolute Gasteiger partial charge is 0.123 e. The topological polar surface area (TPSA) is 38.1 Å². The van der Waals surface area contributed by atoms with Gasteiger partial charge in [-0.25, -0.2) is 4.98 Å². The summed E-state index contributed by atoms with van der Waals surface area (Å²) in [7, 11) is 0. The summed E-state index contributed by atoms with van der Waals surface area (Å²) in [5, 5.41) is 11.1. The highest BCUT2D eigenvalue weighted by Gasteiger charge is 2.23. The van der Waals surface area contributed by atoms with E-state index in [1.54, 1.807) is 11.3 Å². The highest BCUT2D eigenvalue weighted by Crippen LogP contribution is 2.37. The van der Waals surface area contributed by atoms with Crippen LogP contribution in [0.5, 0.6) is 0 Å². The maximum atomic E-state index is 10.1. The molecule has 0 aliphatic heterocycles. The van der Waals surface area contributed by atoms with Crippen LogP contribution in [0.25, 0.3) is 16.3 Å². The zero-order valence-corrected chi connectivity index (χ0v) is 12.4.